The van der Waals surface area contributed by atoms with E-state index in [2.05, 4.69) is 46.0 Å². The molecule has 1 saturated heterocycles. The van der Waals surface area contributed by atoms with E-state index in [1.165, 1.54) is 5.56 Å². The predicted octanol–water partition coefficient (Wildman–Crippen LogP) is 3.81. The zero-order chi connectivity index (χ0) is 20.2. The Labute approximate surface area is 171 Å². The molecule has 2 aromatic heterocycles. The summed E-state index contributed by atoms with van der Waals surface area (Å²) in [4.78, 5) is 24.4. The smallest absolute Gasteiger partial charge is 0.213 e. The van der Waals surface area contributed by atoms with Gasteiger partial charge in [-0.3, -0.25) is 9.78 Å². The highest BCUT2D eigenvalue weighted by Crippen LogP contribution is 2.24. The number of hydrogen-bond acceptors (Lipinski definition) is 5. The topological polar surface area (TPSA) is 58.1 Å². The Morgan fingerprint density at radius 1 is 1.17 bits per heavy atom. The number of nitrogens with one attached hydrogen (secondary N) is 1. The van der Waals surface area contributed by atoms with Crippen LogP contribution in [0.3, 0.4) is 0 Å². The second-order valence-corrected chi connectivity index (χ2v) is 7.14. The van der Waals surface area contributed by atoms with Gasteiger partial charge in [0.05, 0.1) is 0 Å². The Balaban J connectivity index is 1.65. The van der Waals surface area contributed by atoms with E-state index in [0.29, 0.717) is 17.0 Å². The van der Waals surface area contributed by atoms with Crippen LogP contribution in [0.15, 0.2) is 67.4 Å². The number of carbonyl (C=O) groups is 1. The van der Waals surface area contributed by atoms with E-state index in [9.17, 15) is 4.79 Å². The lowest BCUT2D eigenvalue weighted by Gasteiger charge is -2.35. The predicted molar refractivity (Wildman–Crippen MR) is 116 cm³/mol. The molecule has 0 saturated carbocycles. The first kappa shape index (κ1) is 19.0. The molecular formula is C24H24N4O. The Morgan fingerprint density at radius 3 is 2.76 bits per heavy atom. The van der Waals surface area contributed by atoms with Crippen molar-refractivity contribution in [2.24, 2.45) is 0 Å². The van der Waals surface area contributed by atoms with E-state index in [1.807, 2.05) is 25.1 Å². The molecule has 1 aromatic carbocycles. The van der Waals surface area contributed by atoms with Crippen LogP contribution >= 0.6 is 0 Å². The highest BCUT2D eigenvalue weighted by molar-refractivity contribution is 6.10. The third-order valence-corrected chi connectivity index (χ3v) is 5.30. The number of rotatable bonds is 5. The van der Waals surface area contributed by atoms with Gasteiger partial charge in [-0.2, -0.15) is 0 Å². The van der Waals surface area contributed by atoms with Crippen molar-refractivity contribution in [3.05, 3.63) is 95.5 Å². The first-order chi connectivity index (χ1) is 14.2. The third-order valence-electron chi connectivity index (χ3n) is 5.30. The fourth-order valence-electron chi connectivity index (χ4n) is 3.70. The monoisotopic (exact) mass is 384 g/mol. The summed E-state index contributed by atoms with van der Waals surface area (Å²) in [6.45, 7) is 8.18. The number of anilines is 1. The van der Waals surface area contributed by atoms with Crippen LogP contribution in [0.25, 0.3) is 6.08 Å². The summed E-state index contributed by atoms with van der Waals surface area (Å²) in [7, 11) is 0. The second kappa shape index (κ2) is 8.37. The number of ketones is 1. The standard InChI is InChI=1S/C24H24N4O/c1-3-18-11-12-22(27-23(18)24(29)20-10-7-13-25-17(20)2)28-15-14-26-21(16-28)19-8-5-4-6-9-19/h3-13,21,26H,1,14-16H2,2H3/t21-/m0/s1. The first-order valence-corrected chi connectivity index (χ1v) is 9.80. The van der Waals surface area contributed by atoms with Crippen molar-refractivity contribution < 1.29 is 4.79 Å². The maximum atomic E-state index is 13.2. The molecule has 0 bridgehead atoms. The molecule has 1 aliphatic heterocycles. The molecule has 1 fully saturated rings. The number of nitrogens with zero attached hydrogens (tertiary/aromatic N) is 3. The molecule has 1 atom stereocenters. The Kier molecular flexibility index (Phi) is 5.49. The number of benzene rings is 1. The maximum absolute atomic E-state index is 13.2. The molecule has 0 aliphatic carbocycles. The van der Waals surface area contributed by atoms with E-state index in [4.69, 9.17) is 4.98 Å². The SMILES string of the molecule is C=Cc1ccc(N2CCN[C@H](c3ccccc3)C2)nc1C(=O)c1cccnc1C. The Bertz CT molecular complexity index is 1030. The minimum atomic E-state index is -0.123. The van der Waals surface area contributed by atoms with Gasteiger partial charge < -0.3 is 10.2 Å². The van der Waals surface area contributed by atoms with Crippen molar-refractivity contribution in [1.29, 1.82) is 0 Å². The molecule has 1 N–H and O–H groups in total. The van der Waals surface area contributed by atoms with Crippen LogP contribution < -0.4 is 10.2 Å². The molecule has 29 heavy (non-hydrogen) atoms. The molecule has 146 valence electrons. The third kappa shape index (κ3) is 3.96. The highest BCUT2D eigenvalue weighted by atomic mass is 16.1. The summed E-state index contributed by atoms with van der Waals surface area (Å²) in [5.74, 6) is 0.685. The van der Waals surface area contributed by atoms with Gasteiger partial charge in [0.1, 0.15) is 11.5 Å². The highest BCUT2D eigenvalue weighted by Gasteiger charge is 2.24. The van der Waals surface area contributed by atoms with Crippen molar-refractivity contribution in [1.82, 2.24) is 15.3 Å². The average molecular weight is 384 g/mol. The lowest BCUT2D eigenvalue weighted by molar-refractivity contribution is 0.103. The Hall–Kier alpha value is -3.31. The van der Waals surface area contributed by atoms with E-state index in [1.54, 1.807) is 24.4 Å². The minimum Gasteiger partial charge on any atom is -0.353 e. The lowest BCUT2D eigenvalue weighted by Crippen LogP contribution is -2.46. The molecule has 0 amide bonds. The number of aryl methyl sites for hydroxylation is 1. The van der Waals surface area contributed by atoms with Crippen molar-refractivity contribution in [3.8, 4) is 0 Å². The average Bonchev–Trinajstić information content (AvgIpc) is 2.79. The fourth-order valence-corrected chi connectivity index (χ4v) is 3.70. The largest absolute Gasteiger partial charge is 0.353 e. The van der Waals surface area contributed by atoms with Crippen molar-refractivity contribution in [2.75, 3.05) is 24.5 Å². The second-order valence-electron chi connectivity index (χ2n) is 7.14. The van der Waals surface area contributed by atoms with Crippen LogP contribution in [-0.4, -0.2) is 35.4 Å². The molecule has 3 aromatic rings. The fraction of sp³-hybridized carbons (Fsp3) is 0.208. The van der Waals surface area contributed by atoms with Gasteiger partial charge in [0, 0.05) is 48.7 Å². The van der Waals surface area contributed by atoms with Gasteiger partial charge in [-0.05, 0) is 36.8 Å². The van der Waals surface area contributed by atoms with Crippen LogP contribution in [-0.2, 0) is 0 Å². The van der Waals surface area contributed by atoms with Gasteiger partial charge in [0.2, 0.25) is 5.78 Å². The van der Waals surface area contributed by atoms with Crippen LogP contribution in [0.1, 0.15) is 38.9 Å². The molecule has 3 heterocycles. The van der Waals surface area contributed by atoms with Gasteiger partial charge in [0.15, 0.2) is 0 Å². The number of hydrogen-bond donors (Lipinski definition) is 1. The van der Waals surface area contributed by atoms with Gasteiger partial charge in [-0.25, -0.2) is 4.98 Å². The van der Waals surface area contributed by atoms with Crippen LogP contribution in [0, 0.1) is 6.92 Å². The normalized spacial score (nSPS) is 16.4. The summed E-state index contributed by atoms with van der Waals surface area (Å²) < 4.78 is 0. The van der Waals surface area contributed by atoms with E-state index < -0.39 is 0 Å². The molecule has 5 heteroatoms. The summed E-state index contributed by atoms with van der Waals surface area (Å²) in [6, 6.07) is 18.1. The minimum absolute atomic E-state index is 0.123. The summed E-state index contributed by atoms with van der Waals surface area (Å²) in [5.41, 5.74) is 3.68. The number of piperazine rings is 1. The molecular weight excluding hydrogens is 360 g/mol. The van der Waals surface area contributed by atoms with Gasteiger partial charge in [0.25, 0.3) is 0 Å². The molecule has 5 nitrogen and oxygen atoms in total. The van der Waals surface area contributed by atoms with Gasteiger partial charge >= 0.3 is 0 Å². The van der Waals surface area contributed by atoms with E-state index in [-0.39, 0.29) is 11.8 Å². The van der Waals surface area contributed by atoms with E-state index in [0.717, 1.165) is 31.0 Å². The van der Waals surface area contributed by atoms with Crippen LogP contribution in [0.5, 0.6) is 0 Å². The van der Waals surface area contributed by atoms with E-state index >= 15 is 0 Å². The first-order valence-electron chi connectivity index (χ1n) is 9.80. The molecule has 0 spiro atoms. The van der Waals surface area contributed by atoms with Gasteiger partial charge in [-0.1, -0.05) is 43.0 Å². The Morgan fingerprint density at radius 2 is 2.00 bits per heavy atom. The molecule has 1 aliphatic rings. The molecule has 0 radical (unpaired) electrons. The zero-order valence-corrected chi connectivity index (χ0v) is 16.5. The van der Waals surface area contributed by atoms with Gasteiger partial charge in [-0.15, -0.1) is 0 Å². The maximum Gasteiger partial charge on any atom is 0.213 e. The number of pyridine rings is 2. The zero-order valence-electron chi connectivity index (χ0n) is 16.5. The molecule has 4 rings (SSSR count). The molecule has 0 unspecified atom stereocenters. The summed E-state index contributed by atoms with van der Waals surface area (Å²) in [5, 5.41) is 3.57. The quantitative estimate of drug-likeness (QED) is 0.678. The number of carbonyl (C=O) groups excluding carboxylic acids is 1. The number of aromatic nitrogens is 2. The lowest BCUT2D eigenvalue weighted by atomic mass is 10.0. The van der Waals surface area contributed by atoms with Crippen molar-refractivity contribution in [2.45, 2.75) is 13.0 Å². The van der Waals surface area contributed by atoms with Crippen LogP contribution in [0.4, 0.5) is 5.82 Å². The van der Waals surface area contributed by atoms with Crippen molar-refractivity contribution in [3.63, 3.8) is 0 Å². The summed E-state index contributed by atoms with van der Waals surface area (Å²) in [6.07, 6.45) is 3.37. The summed E-state index contributed by atoms with van der Waals surface area (Å²) >= 11 is 0. The van der Waals surface area contributed by atoms with Crippen molar-refractivity contribution >= 4 is 17.7 Å². The van der Waals surface area contributed by atoms with Crippen LogP contribution in [0.2, 0.25) is 0 Å².